The third kappa shape index (κ3) is 25.4. The normalized spacial score (nSPS) is 11.3. The Morgan fingerprint density at radius 1 is 0.586 bits per heavy atom. The van der Waals surface area contributed by atoms with Gasteiger partial charge in [-0.25, -0.2) is 0 Å². The first-order chi connectivity index (χ1) is 14.2. The lowest BCUT2D eigenvalue weighted by molar-refractivity contribution is -0.144. The summed E-state index contributed by atoms with van der Waals surface area (Å²) in [6.07, 6.45) is 26.8. The fourth-order valence-corrected chi connectivity index (χ4v) is 3.76. The molecule has 0 radical (unpaired) electrons. The van der Waals surface area contributed by atoms with Crippen LogP contribution in [0, 0.1) is 0 Å². The monoisotopic (exact) mass is 411 g/mol. The molecule has 0 aromatic carbocycles. The highest BCUT2D eigenvalue weighted by Crippen LogP contribution is 2.14. The van der Waals surface area contributed by atoms with Crippen LogP contribution in [0.4, 0.5) is 0 Å². The van der Waals surface area contributed by atoms with Gasteiger partial charge in [0.1, 0.15) is 6.61 Å². The van der Waals surface area contributed by atoms with E-state index in [-0.39, 0.29) is 5.97 Å². The lowest BCUT2D eigenvalue weighted by Gasteiger charge is -2.09. The number of esters is 1. The number of rotatable bonds is 23. The van der Waals surface area contributed by atoms with E-state index in [1.807, 2.05) is 19.0 Å². The summed E-state index contributed by atoms with van der Waals surface area (Å²) in [7, 11) is 3.98. The molecule has 0 saturated heterocycles. The number of likely N-dealkylation sites (N-methyl/N-ethyl adjacent to an activating group) is 1. The minimum atomic E-state index is -0.0289. The molecule has 0 heterocycles. The van der Waals surface area contributed by atoms with Gasteiger partial charge >= 0.3 is 5.97 Å². The number of nitrogens with zero attached hydrogens (tertiary/aromatic N) is 1. The standard InChI is InChI=1S/C26H53NO2/c1-4-5-6-7-8-9-10-11-12-13-14-15-16-17-18-19-20-21-22-23-26(28)29-25-24-27(2)3/h4-25H2,1-3H3. The van der Waals surface area contributed by atoms with Crippen molar-refractivity contribution in [1.82, 2.24) is 4.90 Å². The Bertz CT molecular complexity index is 331. The molecule has 0 saturated carbocycles. The van der Waals surface area contributed by atoms with Gasteiger partial charge in [-0.1, -0.05) is 122 Å². The van der Waals surface area contributed by atoms with E-state index < -0.39 is 0 Å². The molecule has 0 rings (SSSR count). The third-order valence-electron chi connectivity index (χ3n) is 5.79. The van der Waals surface area contributed by atoms with Gasteiger partial charge in [0.25, 0.3) is 0 Å². The molecule has 3 nitrogen and oxygen atoms in total. The van der Waals surface area contributed by atoms with Crippen molar-refractivity contribution >= 4 is 5.97 Å². The predicted molar refractivity (Wildman–Crippen MR) is 128 cm³/mol. The molecule has 0 aromatic rings. The van der Waals surface area contributed by atoms with Gasteiger partial charge in [0.15, 0.2) is 0 Å². The van der Waals surface area contributed by atoms with Crippen LogP contribution in [0.5, 0.6) is 0 Å². The summed E-state index contributed by atoms with van der Waals surface area (Å²) in [5.41, 5.74) is 0. The molecule has 0 N–H and O–H groups in total. The van der Waals surface area contributed by atoms with Crippen LogP contribution >= 0.6 is 0 Å². The van der Waals surface area contributed by atoms with Crippen LogP contribution in [0.3, 0.4) is 0 Å². The average molecular weight is 412 g/mol. The molecule has 0 spiro atoms. The fourth-order valence-electron chi connectivity index (χ4n) is 3.76. The second kappa shape index (κ2) is 23.7. The Morgan fingerprint density at radius 3 is 1.28 bits per heavy atom. The van der Waals surface area contributed by atoms with E-state index in [9.17, 15) is 4.79 Å². The first-order valence-corrected chi connectivity index (χ1v) is 13.0. The summed E-state index contributed by atoms with van der Waals surface area (Å²) in [6.45, 7) is 3.62. The molecule has 0 bridgehead atoms. The lowest BCUT2D eigenvalue weighted by atomic mass is 10.0. The van der Waals surface area contributed by atoms with Gasteiger partial charge in [0.05, 0.1) is 0 Å². The zero-order valence-corrected chi connectivity index (χ0v) is 20.3. The molecule has 29 heavy (non-hydrogen) atoms. The van der Waals surface area contributed by atoms with Gasteiger partial charge in [-0.05, 0) is 20.5 Å². The van der Waals surface area contributed by atoms with E-state index >= 15 is 0 Å². The Labute approximate surface area is 183 Å². The second-order valence-corrected chi connectivity index (χ2v) is 9.14. The number of carbonyl (C=O) groups is 1. The quantitative estimate of drug-likeness (QED) is 0.126. The Kier molecular flexibility index (Phi) is 23.2. The van der Waals surface area contributed by atoms with Crippen LogP contribution in [-0.2, 0) is 9.53 Å². The minimum Gasteiger partial charge on any atom is -0.464 e. The molecular formula is C26H53NO2. The molecule has 3 heteroatoms. The summed E-state index contributed by atoms with van der Waals surface area (Å²) in [4.78, 5) is 13.6. The largest absolute Gasteiger partial charge is 0.464 e. The third-order valence-corrected chi connectivity index (χ3v) is 5.79. The van der Waals surface area contributed by atoms with Crippen molar-refractivity contribution in [2.45, 2.75) is 135 Å². The zero-order valence-electron chi connectivity index (χ0n) is 20.3. The zero-order chi connectivity index (χ0) is 21.4. The Morgan fingerprint density at radius 2 is 0.931 bits per heavy atom. The summed E-state index contributed by atoms with van der Waals surface area (Å²) in [5, 5.41) is 0. The van der Waals surface area contributed by atoms with Crippen molar-refractivity contribution in [3.63, 3.8) is 0 Å². The first-order valence-electron chi connectivity index (χ1n) is 13.0. The maximum Gasteiger partial charge on any atom is 0.305 e. The van der Waals surface area contributed by atoms with Crippen LogP contribution in [0.1, 0.15) is 135 Å². The lowest BCUT2D eigenvalue weighted by Crippen LogP contribution is -2.20. The molecule has 0 fully saturated rings. The number of carbonyl (C=O) groups excluding carboxylic acids is 1. The van der Waals surface area contributed by atoms with E-state index in [2.05, 4.69) is 6.92 Å². The predicted octanol–water partition coefficient (Wildman–Crippen LogP) is 7.91. The highest BCUT2D eigenvalue weighted by Gasteiger charge is 2.02. The van der Waals surface area contributed by atoms with Gasteiger partial charge in [-0.3, -0.25) is 4.79 Å². The maximum atomic E-state index is 11.6. The van der Waals surface area contributed by atoms with Crippen molar-refractivity contribution in [3.8, 4) is 0 Å². The summed E-state index contributed by atoms with van der Waals surface area (Å²) in [5.74, 6) is -0.0289. The molecule has 0 aromatic heterocycles. The molecule has 174 valence electrons. The maximum absolute atomic E-state index is 11.6. The van der Waals surface area contributed by atoms with Gasteiger partial charge < -0.3 is 9.64 Å². The van der Waals surface area contributed by atoms with Crippen LogP contribution in [0.25, 0.3) is 0 Å². The van der Waals surface area contributed by atoms with Gasteiger partial charge in [0, 0.05) is 13.0 Å². The number of hydrogen-bond donors (Lipinski definition) is 0. The molecular weight excluding hydrogens is 358 g/mol. The number of ether oxygens (including phenoxy) is 1. The first kappa shape index (κ1) is 28.4. The SMILES string of the molecule is CCCCCCCCCCCCCCCCCCCCCC(=O)OCCN(C)C. The van der Waals surface area contributed by atoms with Crippen LogP contribution in [0.15, 0.2) is 0 Å². The van der Waals surface area contributed by atoms with Crippen LogP contribution in [-0.4, -0.2) is 38.1 Å². The summed E-state index contributed by atoms with van der Waals surface area (Å²) in [6, 6.07) is 0. The molecule has 0 aliphatic heterocycles. The highest BCUT2D eigenvalue weighted by atomic mass is 16.5. The topological polar surface area (TPSA) is 29.5 Å². The Balaban J connectivity index is 3.09. The highest BCUT2D eigenvalue weighted by molar-refractivity contribution is 5.69. The van der Waals surface area contributed by atoms with Gasteiger partial charge in [-0.2, -0.15) is 0 Å². The average Bonchev–Trinajstić information content (AvgIpc) is 2.69. The number of hydrogen-bond acceptors (Lipinski definition) is 3. The summed E-state index contributed by atoms with van der Waals surface area (Å²) < 4.78 is 5.21. The van der Waals surface area contributed by atoms with Gasteiger partial charge in [0.2, 0.25) is 0 Å². The van der Waals surface area contributed by atoms with E-state index in [1.165, 1.54) is 116 Å². The molecule has 0 atom stereocenters. The fraction of sp³-hybridized carbons (Fsp3) is 0.962. The van der Waals surface area contributed by atoms with Crippen molar-refractivity contribution in [2.24, 2.45) is 0 Å². The van der Waals surface area contributed by atoms with E-state index in [4.69, 9.17) is 4.74 Å². The van der Waals surface area contributed by atoms with Crippen molar-refractivity contribution in [3.05, 3.63) is 0 Å². The van der Waals surface area contributed by atoms with Crippen LogP contribution < -0.4 is 0 Å². The van der Waals surface area contributed by atoms with Gasteiger partial charge in [-0.15, -0.1) is 0 Å². The smallest absolute Gasteiger partial charge is 0.305 e. The van der Waals surface area contributed by atoms with Crippen molar-refractivity contribution < 1.29 is 9.53 Å². The Hall–Kier alpha value is -0.570. The second-order valence-electron chi connectivity index (χ2n) is 9.14. The van der Waals surface area contributed by atoms with E-state index in [0.29, 0.717) is 13.0 Å². The van der Waals surface area contributed by atoms with Crippen molar-refractivity contribution in [2.75, 3.05) is 27.2 Å². The summed E-state index contributed by atoms with van der Waals surface area (Å²) >= 11 is 0. The van der Waals surface area contributed by atoms with E-state index in [0.717, 1.165) is 13.0 Å². The molecule has 0 unspecified atom stereocenters. The molecule has 0 aliphatic rings. The molecule has 0 aliphatic carbocycles. The molecule has 0 amide bonds. The minimum absolute atomic E-state index is 0.0289. The van der Waals surface area contributed by atoms with Crippen LogP contribution in [0.2, 0.25) is 0 Å². The number of unbranched alkanes of at least 4 members (excludes halogenated alkanes) is 18. The van der Waals surface area contributed by atoms with Crippen molar-refractivity contribution in [1.29, 1.82) is 0 Å². The van der Waals surface area contributed by atoms with E-state index in [1.54, 1.807) is 0 Å².